The van der Waals surface area contributed by atoms with Crippen LogP contribution in [0.3, 0.4) is 0 Å². The van der Waals surface area contributed by atoms with Crippen LogP contribution in [0.1, 0.15) is 13.8 Å². The average molecular weight is 296 g/mol. The van der Waals surface area contributed by atoms with Crippen LogP contribution in [0.4, 0.5) is 0 Å². The topological polar surface area (TPSA) is 82.1 Å². The van der Waals surface area contributed by atoms with Crippen molar-refractivity contribution in [1.29, 1.82) is 0 Å². The van der Waals surface area contributed by atoms with Crippen molar-refractivity contribution in [2.24, 2.45) is 5.92 Å². The normalized spacial score (nSPS) is 14.5. The smallest absolute Gasteiger partial charge is 0.319 e. The molecule has 0 bridgehead atoms. The molecular formula is C12H24O6S. The van der Waals surface area contributed by atoms with E-state index in [4.69, 9.17) is 19.3 Å². The summed E-state index contributed by atoms with van der Waals surface area (Å²) in [7, 11) is 0.186. The molecule has 7 heteroatoms. The Hall–Kier alpha value is -0.500. The zero-order valence-electron chi connectivity index (χ0n) is 11.8. The van der Waals surface area contributed by atoms with Gasteiger partial charge in [0.2, 0.25) is 0 Å². The third kappa shape index (κ3) is 9.10. The van der Waals surface area contributed by atoms with Crippen LogP contribution in [0.15, 0.2) is 0 Å². The number of carboxylic acid groups (broad SMARTS) is 1. The summed E-state index contributed by atoms with van der Waals surface area (Å²) in [5, 5.41) is 8.14. The fourth-order valence-electron chi connectivity index (χ4n) is 1.43. The predicted octanol–water partition coefficient (Wildman–Crippen LogP) is 0.524. The van der Waals surface area contributed by atoms with E-state index in [1.165, 1.54) is 0 Å². The highest BCUT2D eigenvalue weighted by Crippen LogP contribution is 2.10. The van der Waals surface area contributed by atoms with E-state index in [2.05, 4.69) is 0 Å². The molecule has 0 saturated carbocycles. The molecule has 0 aliphatic carbocycles. The second-order valence-corrected chi connectivity index (χ2v) is 5.98. The molecule has 2 atom stereocenters. The van der Waals surface area contributed by atoms with Crippen LogP contribution < -0.4 is 0 Å². The zero-order chi connectivity index (χ0) is 14.7. The van der Waals surface area contributed by atoms with Crippen molar-refractivity contribution < 1.29 is 28.3 Å². The molecule has 1 N–H and O–H groups in total. The quantitative estimate of drug-likeness (QED) is 0.529. The Morgan fingerprint density at radius 3 is 2.11 bits per heavy atom. The minimum atomic E-state index is -1.41. The lowest BCUT2D eigenvalue weighted by atomic mass is 10.1. The second-order valence-electron chi connectivity index (χ2n) is 4.31. The van der Waals surface area contributed by atoms with E-state index >= 15 is 0 Å². The lowest BCUT2D eigenvalue weighted by molar-refractivity contribution is -0.137. The third-order valence-electron chi connectivity index (χ3n) is 2.36. The number of methoxy groups -OCH3 is 1. The van der Waals surface area contributed by atoms with Crippen LogP contribution in [-0.2, 0) is 29.8 Å². The SMILES string of the molecule is COCCOCCOCCS(=O)C(C(=O)O)C(C)C. The summed E-state index contributed by atoms with van der Waals surface area (Å²) in [6, 6.07) is 0. The van der Waals surface area contributed by atoms with Crippen LogP contribution in [0.25, 0.3) is 0 Å². The summed E-state index contributed by atoms with van der Waals surface area (Å²) in [4.78, 5) is 11.0. The average Bonchev–Trinajstić information content (AvgIpc) is 2.31. The molecule has 0 aromatic carbocycles. The van der Waals surface area contributed by atoms with Gasteiger partial charge in [0.1, 0.15) is 5.25 Å². The molecule has 2 unspecified atom stereocenters. The van der Waals surface area contributed by atoms with Gasteiger partial charge >= 0.3 is 5.97 Å². The monoisotopic (exact) mass is 296 g/mol. The van der Waals surface area contributed by atoms with Gasteiger partial charge in [0.25, 0.3) is 0 Å². The maximum Gasteiger partial charge on any atom is 0.319 e. The van der Waals surface area contributed by atoms with Gasteiger partial charge in [0.05, 0.1) is 33.0 Å². The standard InChI is InChI=1S/C12H24O6S/c1-10(2)11(12(13)14)19(15)9-8-18-7-6-17-5-4-16-3/h10-11H,4-9H2,1-3H3,(H,13,14). The van der Waals surface area contributed by atoms with Gasteiger partial charge in [-0.25, -0.2) is 0 Å². The number of ether oxygens (including phenoxy) is 3. The van der Waals surface area contributed by atoms with Crippen LogP contribution in [0, 0.1) is 5.92 Å². The zero-order valence-corrected chi connectivity index (χ0v) is 12.6. The molecule has 6 nitrogen and oxygen atoms in total. The first-order chi connectivity index (χ1) is 9.00. The summed E-state index contributed by atoms with van der Waals surface area (Å²) in [6.07, 6.45) is 0. The Kier molecular flexibility index (Phi) is 11.0. The fraction of sp³-hybridized carbons (Fsp3) is 0.917. The van der Waals surface area contributed by atoms with Gasteiger partial charge < -0.3 is 19.3 Å². The van der Waals surface area contributed by atoms with Crippen molar-refractivity contribution in [2.75, 3.05) is 45.9 Å². The summed E-state index contributed by atoms with van der Waals surface area (Å²) in [5.41, 5.74) is 0. The van der Waals surface area contributed by atoms with E-state index in [9.17, 15) is 9.00 Å². The molecule has 0 aliphatic rings. The van der Waals surface area contributed by atoms with Crippen LogP contribution in [-0.4, -0.2) is 66.4 Å². The first-order valence-corrected chi connectivity index (χ1v) is 7.63. The molecule has 0 aliphatic heterocycles. The van der Waals surface area contributed by atoms with Crippen molar-refractivity contribution >= 4 is 16.8 Å². The highest BCUT2D eigenvalue weighted by molar-refractivity contribution is 7.86. The van der Waals surface area contributed by atoms with E-state index in [1.807, 2.05) is 0 Å². The Morgan fingerprint density at radius 1 is 1.11 bits per heavy atom. The van der Waals surface area contributed by atoms with Gasteiger partial charge in [-0.15, -0.1) is 0 Å². The Labute approximate surface area is 116 Å². The van der Waals surface area contributed by atoms with Crippen molar-refractivity contribution in [2.45, 2.75) is 19.1 Å². The molecular weight excluding hydrogens is 272 g/mol. The third-order valence-corrected chi connectivity index (χ3v) is 4.25. The van der Waals surface area contributed by atoms with E-state index in [0.29, 0.717) is 26.4 Å². The first-order valence-electron chi connectivity index (χ1n) is 6.25. The molecule has 0 aromatic rings. The predicted molar refractivity (Wildman–Crippen MR) is 72.8 cm³/mol. The van der Waals surface area contributed by atoms with Crippen LogP contribution >= 0.6 is 0 Å². The molecule has 114 valence electrons. The number of rotatable bonds is 12. The number of carbonyl (C=O) groups is 1. The number of hydrogen-bond donors (Lipinski definition) is 1. The Morgan fingerprint density at radius 2 is 1.63 bits per heavy atom. The molecule has 0 spiro atoms. The highest BCUT2D eigenvalue weighted by atomic mass is 32.2. The minimum Gasteiger partial charge on any atom is -0.480 e. The largest absolute Gasteiger partial charge is 0.480 e. The van der Waals surface area contributed by atoms with Crippen molar-refractivity contribution in [3.8, 4) is 0 Å². The van der Waals surface area contributed by atoms with Crippen molar-refractivity contribution in [3.63, 3.8) is 0 Å². The second kappa shape index (κ2) is 11.3. The maximum atomic E-state index is 11.8. The van der Waals surface area contributed by atoms with Gasteiger partial charge in [-0.05, 0) is 5.92 Å². The molecule has 0 heterocycles. The maximum absolute atomic E-state index is 11.8. The molecule has 0 fully saturated rings. The summed E-state index contributed by atoms with van der Waals surface area (Å²) in [6.45, 7) is 5.68. The minimum absolute atomic E-state index is 0.157. The molecule has 0 saturated heterocycles. The molecule has 0 aromatic heterocycles. The van der Waals surface area contributed by atoms with Gasteiger partial charge in [0.15, 0.2) is 0 Å². The van der Waals surface area contributed by atoms with E-state index in [-0.39, 0.29) is 18.3 Å². The van der Waals surface area contributed by atoms with E-state index in [0.717, 1.165) is 0 Å². The lowest BCUT2D eigenvalue weighted by Crippen LogP contribution is -2.33. The molecule has 0 amide bonds. The first kappa shape index (κ1) is 18.5. The Balaban J connectivity index is 3.65. The van der Waals surface area contributed by atoms with E-state index < -0.39 is 22.0 Å². The fourth-order valence-corrected chi connectivity index (χ4v) is 2.80. The summed E-state index contributed by atoms with van der Waals surface area (Å²) in [5.74, 6) is -0.945. The summed E-state index contributed by atoms with van der Waals surface area (Å²) < 4.78 is 27.0. The number of carboxylic acids is 1. The van der Waals surface area contributed by atoms with Crippen molar-refractivity contribution in [1.82, 2.24) is 0 Å². The molecule has 0 radical (unpaired) electrons. The van der Waals surface area contributed by atoms with Gasteiger partial charge in [-0.3, -0.25) is 9.00 Å². The van der Waals surface area contributed by atoms with Gasteiger partial charge in [0, 0.05) is 23.7 Å². The van der Waals surface area contributed by atoms with Crippen LogP contribution in [0.2, 0.25) is 0 Å². The Bertz CT molecular complexity index is 269. The summed E-state index contributed by atoms with van der Waals surface area (Å²) >= 11 is 0. The van der Waals surface area contributed by atoms with Crippen LogP contribution in [0.5, 0.6) is 0 Å². The lowest BCUT2D eigenvalue weighted by Gasteiger charge is -2.15. The van der Waals surface area contributed by atoms with Gasteiger partial charge in [-0.2, -0.15) is 0 Å². The number of aliphatic carboxylic acids is 1. The van der Waals surface area contributed by atoms with Crippen molar-refractivity contribution in [3.05, 3.63) is 0 Å². The molecule has 0 rings (SSSR count). The highest BCUT2D eigenvalue weighted by Gasteiger charge is 2.27. The van der Waals surface area contributed by atoms with E-state index in [1.54, 1.807) is 21.0 Å². The number of hydrogen-bond acceptors (Lipinski definition) is 5. The van der Waals surface area contributed by atoms with Gasteiger partial charge in [-0.1, -0.05) is 13.8 Å². The molecule has 19 heavy (non-hydrogen) atoms.